The molecule has 61 heavy (non-hydrogen) atoms. The van der Waals surface area contributed by atoms with Crippen LogP contribution in [-0.2, 0) is 10.8 Å². The number of hydrogen-bond acceptors (Lipinski definition) is 2. The maximum Gasteiger partial charge on any atom is 0.193 e. The first-order valence-electron chi connectivity index (χ1n) is 21.3. The normalized spacial score (nSPS) is 13.9. The molecule has 290 valence electrons. The van der Waals surface area contributed by atoms with Crippen LogP contribution in [0.4, 0.5) is 0 Å². The van der Waals surface area contributed by atoms with Crippen molar-refractivity contribution in [1.82, 2.24) is 4.98 Å². The molecule has 8 aromatic carbocycles. The number of rotatable bonds is 8. The summed E-state index contributed by atoms with van der Waals surface area (Å²) in [5.74, 6) is 0.334. The van der Waals surface area contributed by atoms with Crippen LogP contribution in [0.25, 0.3) is 33.4 Å². The second kappa shape index (κ2) is 14.4. The highest BCUT2D eigenvalue weighted by atomic mass is 16.1. The molecule has 2 aliphatic carbocycles. The summed E-state index contributed by atoms with van der Waals surface area (Å²) in [4.78, 5) is 20.1. The van der Waals surface area contributed by atoms with E-state index in [1.807, 2.05) is 54.7 Å². The Balaban J connectivity index is 1.19. The van der Waals surface area contributed by atoms with Crippen molar-refractivity contribution >= 4 is 5.78 Å². The van der Waals surface area contributed by atoms with Gasteiger partial charge in [0.05, 0.1) is 16.5 Å². The predicted molar refractivity (Wildman–Crippen MR) is 248 cm³/mol. The molecule has 1 heterocycles. The highest BCUT2D eigenvalue weighted by molar-refractivity contribution is 6.13. The first-order chi connectivity index (χ1) is 30.0. The van der Waals surface area contributed by atoms with E-state index in [9.17, 15) is 4.79 Å². The summed E-state index contributed by atoms with van der Waals surface area (Å²) < 4.78 is 0. The molecule has 0 atom stereocenters. The Morgan fingerprint density at radius 3 is 1.46 bits per heavy atom. The fourth-order valence-corrected chi connectivity index (χ4v) is 10.6. The summed E-state index contributed by atoms with van der Waals surface area (Å²) >= 11 is 0. The Morgan fingerprint density at radius 1 is 0.426 bits per heavy atom. The standard InChI is InChI=1S/C59H43NO/c1-39(2)41-34-35-60-56(37-41)59(54-32-14-10-27-49(54)50-28-11-15-33-55(50)59)45-23-17-22-44(38-45)58(52-30-12-8-25-47(52)48-26-9-13-31-53(48)58)43-21-16-20-42(36-43)57(61)51-29-7-6-24-46(51)40-18-4-3-5-19-40/h3-39H,1-2H3. The second-order valence-corrected chi connectivity index (χ2v) is 16.7. The minimum atomic E-state index is -0.746. The van der Waals surface area contributed by atoms with Crippen LogP contribution in [0.2, 0.25) is 0 Å². The number of aromatic nitrogens is 1. The van der Waals surface area contributed by atoms with Crippen molar-refractivity contribution in [1.29, 1.82) is 0 Å². The smallest absolute Gasteiger partial charge is 0.193 e. The van der Waals surface area contributed by atoms with Gasteiger partial charge in [-0.2, -0.15) is 0 Å². The third-order valence-corrected chi connectivity index (χ3v) is 13.3. The van der Waals surface area contributed by atoms with Crippen molar-refractivity contribution < 1.29 is 4.79 Å². The van der Waals surface area contributed by atoms with Gasteiger partial charge in [0.25, 0.3) is 0 Å². The molecule has 0 N–H and O–H groups in total. The summed E-state index contributed by atoms with van der Waals surface area (Å²) in [7, 11) is 0. The van der Waals surface area contributed by atoms with Crippen LogP contribution in [0.3, 0.4) is 0 Å². The summed E-state index contributed by atoms with van der Waals surface area (Å²) in [6, 6.07) is 75.7. The van der Waals surface area contributed by atoms with Crippen molar-refractivity contribution in [3.63, 3.8) is 0 Å². The van der Waals surface area contributed by atoms with Gasteiger partial charge in [-0.15, -0.1) is 0 Å². The van der Waals surface area contributed by atoms with E-state index in [1.54, 1.807) is 0 Å². The molecule has 0 bridgehead atoms. The van der Waals surface area contributed by atoms with Gasteiger partial charge in [0.15, 0.2) is 5.78 Å². The monoisotopic (exact) mass is 781 g/mol. The number of carbonyl (C=O) groups excluding carboxylic acids is 1. The molecule has 0 radical (unpaired) electrons. The zero-order chi connectivity index (χ0) is 41.1. The molecule has 11 rings (SSSR count). The van der Waals surface area contributed by atoms with Gasteiger partial charge in [0.2, 0.25) is 0 Å². The van der Waals surface area contributed by atoms with Gasteiger partial charge < -0.3 is 0 Å². The molecule has 0 amide bonds. The van der Waals surface area contributed by atoms with Crippen LogP contribution in [0.15, 0.2) is 219 Å². The van der Waals surface area contributed by atoms with E-state index < -0.39 is 10.8 Å². The summed E-state index contributed by atoms with van der Waals surface area (Å²) in [6.45, 7) is 4.50. The van der Waals surface area contributed by atoms with Crippen LogP contribution in [0, 0.1) is 0 Å². The highest BCUT2D eigenvalue weighted by Gasteiger charge is 2.50. The number of nitrogens with zero attached hydrogens (tertiary/aromatic N) is 1. The lowest BCUT2D eigenvalue weighted by atomic mass is 9.64. The summed E-state index contributed by atoms with van der Waals surface area (Å²) in [5.41, 5.74) is 17.2. The maximum atomic E-state index is 14.9. The summed E-state index contributed by atoms with van der Waals surface area (Å²) in [5, 5.41) is 0. The van der Waals surface area contributed by atoms with Crippen molar-refractivity contribution in [2.75, 3.05) is 0 Å². The number of carbonyl (C=O) groups is 1. The molecule has 0 spiro atoms. The van der Waals surface area contributed by atoms with Crippen molar-refractivity contribution in [2.45, 2.75) is 30.6 Å². The molecule has 2 aliphatic rings. The molecule has 0 aliphatic heterocycles. The van der Waals surface area contributed by atoms with Gasteiger partial charge in [0.1, 0.15) is 0 Å². The molecule has 2 heteroatoms. The molecule has 9 aromatic rings. The van der Waals surface area contributed by atoms with Gasteiger partial charge in [-0.05, 0) is 102 Å². The van der Waals surface area contributed by atoms with E-state index >= 15 is 0 Å². The Kier molecular flexibility index (Phi) is 8.65. The predicted octanol–water partition coefficient (Wildman–Crippen LogP) is 13.8. The van der Waals surface area contributed by atoms with Crippen molar-refractivity contribution in [3.8, 4) is 33.4 Å². The van der Waals surface area contributed by atoms with Gasteiger partial charge in [-0.1, -0.05) is 208 Å². The zero-order valence-corrected chi connectivity index (χ0v) is 34.2. The lowest BCUT2D eigenvalue weighted by Crippen LogP contribution is -2.32. The number of hydrogen-bond donors (Lipinski definition) is 0. The minimum absolute atomic E-state index is 0.000924. The Morgan fingerprint density at radius 2 is 0.885 bits per heavy atom. The molecular formula is C59H43NO. The molecule has 0 unspecified atom stereocenters. The van der Waals surface area contributed by atoms with Crippen LogP contribution in [0.1, 0.15) is 85.9 Å². The van der Waals surface area contributed by atoms with E-state index in [2.05, 4.69) is 178 Å². The average Bonchev–Trinajstić information content (AvgIpc) is 3.81. The fourth-order valence-electron chi connectivity index (χ4n) is 10.6. The van der Waals surface area contributed by atoms with E-state index in [0.717, 1.165) is 33.5 Å². The van der Waals surface area contributed by atoms with Crippen LogP contribution >= 0.6 is 0 Å². The van der Waals surface area contributed by atoms with Gasteiger partial charge >= 0.3 is 0 Å². The lowest BCUT2D eigenvalue weighted by molar-refractivity contribution is 0.103. The zero-order valence-electron chi connectivity index (χ0n) is 34.2. The molecule has 0 fully saturated rings. The quantitative estimate of drug-likeness (QED) is 0.144. The van der Waals surface area contributed by atoms with Crippen LogP contribution in [0.5, 0.6) is 0 Å². The fraction of sp³-hybridized carbons (Fsp3) is 0.0847. The maximum absolute atomic E-state index is 14.9. The second-order valence-electron chi connectivity index (χ2n) is 16.7. The third kappa shape index (κ3) is 5.42. The van der Waals surface area contributed by atoms with E-state index in [4.69, 9.17) is 4.98 Å². The molecular weight excluding hydrogens is 739 g/mol. The molecule has 0 saturated carbocycles. The van der Waals surface area contributed by atoms with Crippen LogP contribution in [-0.4, -0.2) is 10.8 Å². The Labute approximate surface area is 357 Å². The number of ketones is 1. The molecule has 0 saturated heterocycles. The Hall–Kier alpha value is -7.42. The lowest BCUT2D eigenvalue weighted by Gasteiger charge is -2.37. The first-order valence-corrected chi connectivity index (χ1v) is 21.3. The SMILES string of the molecule is CC(C)c1ccnc(C2(c3cccc(C4(c5cccc(C(=O)c6ccccc6-c6ccccc6)c5)c5ccccc5-c5ccccc54)c3)c3ccccc3-c3ccccc32)c1. The van der Waals surface area contributed by atoms with E-state index in [0.29, 0.717) is 17.0 Å². The third-order valence-electron chi connectivity index (χ3n) is 13.3. The summed E-state index contributed by atoms with van der Waals surface area (Å²) in [6.07, 6.45) is 1.99. The van der Waals surface area contributed by atoms with E-state index in [-0.39, 0.29) is 5.78 Å². The largest absolute Gasteiger partial charge is 0.289 e. The number of benzene rings is 8. The van der Waals surface area contributed by atoms with Crippen LogP contribution < -0.4 is 0 Å². The number of pyridine rings is 1. The average molecular weight is 782 g/mol. The highest BCUT2D eigenvalue weighted by Crippen LogP contribution is 2.59. The minimum Gasteiger partial charge on any atom is -0.289 e. The molecule has 2 nitrogen and oxygen atoms in total. The van der Waals surface area contributed by atoms with Crippen molar-refractivity contribution in [3.05, 3.63) is 280 Å². The number of fused-ring (bicyclic) bond motifs is 6. The topological polar surface area (TPSA) is 30.0 Å². The molecule has 1 aromatic heterocycles. The first kappa shape index (κ1) is 36.6. The van der Waals surface area contributed by atoms with Gasteiger partial charge in [0, 0.05) is 17.3 Å². The Bertz CT molecular complexity index is 3060. The van der Waals surface area contributed by atoms with Gasteiger partial charge in [-0.3, -0.25) is 9.78 Å². The van der Waals surface area contributed by atoms with Crippen molar-refractivity contribution in [2.24, 2.45) is 0 Å². The van der Waals surface area contributed by atoms with E-state index in [1.165, 1.54) is 50.1 Å². The van der Waals surface area contributed by atoms with Gasteiger partial charge in [-0.25, -0.2) is 0 Å².